The lowest BCUT2D eigenvalue weighted by Gasteiger charge is -2.08. The molecule has 0 radical (unpaired) electrons. The van der Waals surface area contributed by atoms with E-state index in [4.69, 9.17) is 9.26 Å². The third-order valence-electron chi connectivity index (χ3n) is 4.41. The number of carbonyl (C=O) groups is 2. The van der Waals surface area contributed by atoms with Gasteiger partial charge < -0.3 is 9.26 Å². The third-order valence-corrected chi connectivity index (χ3v) is 4.41. The Hall–Kier alpha value is -3.87. The zero-order valence-electron chi connectivity index (χ0n) is 15.4. The molecule has 0 saturated heterocycles. The van der Waals surface area contributed by atoms with Crippen LogP contribution >= 0.6 is 0 Å². The van der Waals surface area contributed by atoms with Crippen LogP contribution in [-0.4, -0.2) is 28.5 Å². The van der Waals surface area contributed by atoms with Gasteiger partial charge in [0.1, 0.15) is 5.82 Å². The first-order chi connectivity index (χ1) is 14.0. The SMILES string of the molecule is Cc1noc2nc(-c3ccccc3)cc(C(=O)OCC(=O)c3ccc(F)cc3)c12. The number of fused-ring (bicyclic) bond motifs is 1. The summed E-state index contributed by atoms with van der Waals surface area (Å²) >= 11 is 0. The fourth-order valence-electron chi connectivity index (χ4n) is 2.94. The molecule has 0 amide bonds. The predicted octanol–water partition coefficient (Wildman–Crippen LogP) is 4.38. The van der Waals surface area contributed by atoms with Crippen LogP contribution in [0.15, 0.2) is 65.2 Å². The van der Waals surface area contributed by atoms with Crippen molar-refractivity contribution in [2.75, 3.05) is 6.61 Å². The van der Waals surface area contributed by atoms with Crippen LogP contribution in [-0.2, 0) is 4.74 Å². The number of hydrogen-bond acceptors (Lipinski definition) is 6. The second kappa shape index (κ2) is 7.63. The minimum Gasteiger partial charge on any atom is -0.454 e. The van der Waals surface area contributed by atoms with Crippen LogP contribution < -0.4 is 0 Å². The quantitative estimate of drug-likeness (QED) is 0.372. The van der Waals surface area contributed by atoms with Gasteiger partial charge in [-0.1, -0.05) is 35.5 Å². The van der Waals surface area contributed by atoms with E-state index in [0.29, 0.717) is 16.8 Å². The molecule has 0 N–H and O–H groups in total. The molecule has 0 unspecified atom stereocenters. The Morgan fingerprint density at radius 1 is 1.07 bits per heavy atom. The molecule has 0 bridgehead atoms. The zero-order valence-corrected chi connectivity index (χ0v) is 15.4. The molecule has 0 fully saturated rings. The number of Topliss-reactive ketones (excluding diaryl/α,β-unsaturated/α-hetero) is 1. The van der Waals surface area contributed by atoms with Gasteiger partial charge in [-0.25, -0.2) is 14.2 Å². The maximum absolute atomic E-state index is 13.0. The number of carbonyl (C=O) groups excluding carboxylic acids is 2. The summed E-state index contributed by atoms with van der Waals surface area (Å²) in [4.78, 5) is 29.4. The molecule has 0 aliphatic rings. The average Bonchev–Trinajstić information content (AvgIpc) is 3.13. The van der Waals surface area contributed by atoms with Crippen molar-refractivity contribution in [1.82, 2.24) is 10.1 Å². The van der Waals surface area contributed by atoms with Gasteiger partial charge in [0, 0.05) is 11.1 Å². The van der Waals surface area contributed by atoms with Gasteiger partial charge in [0.2, 0.25) is 0 Å². The monoisotopic (exact) mass is 390 g/mol. The minimum absolute atomic E-state index is 0.208. The van der Waals surface area contributed by atoms with E-state index >= 15 is 0 Å². The van der Waals surface area contributed by atoms with E-state index in [9.17, 15) is 14.0 Å². The van der Waals surface area contributed by atoms with E-state index in [1.54, 1.807) is 13.0 Å². The van der Waals surface area contributed by atoms with Crippen LogP contribution in [0.2, 0.25) is 0 Å². The first-order valence-corrected chi connectivity index (χ1v) is 8.81. The summed E-state index contributed by atoms with van der Waals surface area (Å²) in [6.45, 7) is 1.22. The highest BCUT2D eigenvalue weighted by Gasteiger charge is 2.21. The number of aromatic nitrogens is 2. The Labute approximate surface area is 164 Å². The van der Waals surface area contributed by atoms with Gasteiger partial charge in [0.05, 0.1) is 22.3 Å². The summed E-state index contributed by atoms with van der Waals surface area (Å²) in [7, 11) is 0. The Kier molecular flexibility index (Phi) is 4.87. The molecule has 2 aromatic heterocycles. The van der Waals surface area contributed by atoms with Crippen LogP contribution in [0.25, 0.3) is 22.4 Å². The van der Waals surface area contributed by atoms with Gasteiger partial charge in [0.25, 0.3) is 5.71 Å². The zero-order chi connectivity index (χ0) is 20.4. The fourth-order valence-corrected chi connectivity index (χ4v) is 2.94. The molecule has 4 aromatic rings. The maximum atomic E-state index is 13.0. The number of esters is 1. The van der Waals surface area contributed by atoms with Crippen molar-refractivity contribution < 1.29 is 23.2 Å². The molecule has 0 saturated carbocycles. The van der Waals surface area contributed by atoms with Crippen molar-refractivity contribution in [2.45, 2.75) is 6.92 Å². The number of nitrogens with zero attached hydrogens (tertiary/aromatic N) is 2. The molecule has 7 heteroatoms. The summed E-state index contributed by atoms with van der Waals surface area (Å²) in [5.74, 6) is -1.58. The number of ether oxygens (including phenoxy) is 1. The number of halogens is 1. The largest absolute Gasteiger partial charge is 0.454 e. The number of pyridine rings is 1. The van der Waals surface area contributed by atoms with Crippen LogP contribution in [0.3, 0.4) is 0 Å². The number of benzene rings is 2. The first-order valence-electron chi connectivity index (χ1n) is 8.81. The molecule has 6 nitrogen and oxygen atoms in total. The van der Waals surface area contributed by atoms with Crippen molar-refractivity contribution in [3.63, 3.8) is 0 Å². The lowest BCUT2D eigenvalue weighted by molar-refractivity contribution is 0.0476. The molecular weight excluding hydrogens is 375 g/mol. The van der Waals surface area contributed by atoms with E-state index in [1.165, 1.54) is 24.3 Å². The molecular formula is C22H15FN2O4. The summed E-state index contributed by atoms with van der Waals surface area (Å²) in [6, 6.07) is 15.9. The summed E-state index contributed by atoms with van der Waals surface area (Å²) < 4.78 is 23.5. The lowest BCUT2D eigenvalue weighted by atomic mass is 10.1. The molecule has 2 heterocycles. The molecule has 4 rings (SSSR count). The molecule has 0 spiro atoms. The normalized spacial score (nSPS) is 10.8. The van der Waals surface area contributed by atoms with Crippen molar-refractivity contribution >= 4 is 22.9 Å². The Morgan fingerprint density at radius 2 is 1.79 bits per heavy atom. The number of rotatable bonds is 5. The van der Waals surface area contributed by atoms with E-state index in [2.05, 4.69) is 10.1 Å². The molecule has 29 heavy (non-hydrogen) atoms. The van der Waals surface area contributed by atoms with E-state index in [-0.39, 0.29) is 16.8 Å². The van der Waals surface area contributed by atoms with Crippen molar-refractivity contribution in [3.05, 3.63) is 83.3 Å². The lowest BCUT2D eigenvalue weighted by Crippen LogP contribution is -2.15. The van der Waals surface area contributed by atoms with Gasteiger partial charge in [-0.15, -0.1) is 0 Å². The number of hydrogen-bond donors (Lipinski definition) is 0. The maximum Gasteiger partial charge on any atom is 0.339 e. The van der Waals surface area contributed by atoms with Crippen LogP contribution in [0.1, 0.15) is 26.4 Å². The van der Waals surface area contributed by atoms with Gasteiger partial charge in [0.15, 0.2) is 12.4 Å². The number of aryl methyl sites for hydroxylation is 1. The molecule has 0 aliphatic heterocycles. The highest BCUT2D eigenvalue weighted by molar-refractivity contribution is 6.05. The average molecular weight is 390 g/mol. The van der Waals surface area contributed by atoms with Crippen LogP contribution in [0.4, 0.5) is 4.39 Å². The van der Waals surface area contributed by atoms with Crippen molar-refractivity contribution in [2.24, 2.45) is 0 Å². The summed E-state index contributed by atoms with van der Waals surface area (Å²) in [6.07, 6.45) is 0. The van der Waals surface area contributed by atoms with Crippen LogP contribution in [0, 0.1) is 12.7 Å². The third kappa shape index (κ3) is 3.75. The standard InChI is InChI=1S/C22H15FN2O4/c1-13-20-17(22(27)28-12-19(26)15-7-9-16(23)10-8-15)11-18(24-21(20)29-25-13)14-5-3-2-4-6-14/h2-11H,12H2,1H3. The Balaban J connectivity index is 1.63. The molecule has 2 aromatic carbocycles. The van der Waals surface area contributed by atoms with Crippen molar-refractivity contribution in [1.29, 1.82) is 0 Å². The van der Waals surface area contributed by atoms with E-state index in [1.807, 2.05) is 30.3 Å². The minimum atomic E-state index is -0.698. The Bertz CT molecular complexity index is 1200. The van der Waals surface area contributed by atoms with Gasteiger partial charge in [-0.05, 0) is 37.3 Å². The predicted molar refractivity (Wildman–Crippen MR) is 103 cm³/mol. The van der Waals surface area contributed by atoms with Crippen LogP contribution in [0.5, 0.6) is 0 Å². The second-order valence-corrected chi connectivity index (χ2v) is 6.38. The topological polar surface area (TPSA) is 82.3 Å². The summed E-state index contributed by atoms with van der Waals surface area (Å²) in [5.41, 5.74) is 2.47. The van der Waals surface area contributed by atoms with E-state index in [0.717, 1.165) is 5.56 Å². The van der Waals surface area contributed by atoms with Gasteiger partial charge >= 0.3 is 5.97 Å². The van der Waals surface area contributed by atoms with E-state index < -0.39 is 24.2 Å². The highest BCUT2D eigenvalue weighted by Crippen LogP contribution is 2.27. The highest BCUT2D eigenvalue weighted by atomic mass is 19.1. The first kappa shape index (κ1) is 18.5. The molecule has 144 valence electrons. The molecule has 0 atom stereocenters. The van der Waals surface area contributed by atoms with Crippen molar-refractivity contribution in [3.8, 4) is 11.3 Å². The summed E-state index contributed by atoms with van der Waals surface area (Å²) in [5, 5.41) is 4.31. The number of ketones is 1. The smallest absolute Gasteiger partial charge is 0.339 e. The van der Waals surface area contributed by atoms with Gasteiger partial charge in [-0.2, -0.15) is 0 Å². The second-order valence-electron chi connectivity index (χ2n) is 6.38. The Morgan fingerprint density at radius 3 is 2.52 bits per heavy atom. The van der Waals surface area contributed by atoms with Gasteiger partial charge in [-0.3, -0.25) is 4.79 Å². The molecule has 0 aliphatic carbocycles. The fraction of sp³-hybridized carbons (Fsp3) is 0.0909.